The van der Waals surface area contributed by atoms with Crippen molar-refractivity contribution in [3.63, 3.8) is 0 Å². The number of benzene rings is 1. The quantitative estimate of drug-likeness (QED) is 0.774. The fourth-order valence-electron chi connectivity index (χ4n) is 3.37. The molecule has 2 aliphatic heterocycles. The van der Waals surface area contributed by atoms with Crippen LogP contribution in [0.25, 0.3) is 0 Å². The lowest BCUT2D eigenvalue weighted by Crippen LogP contribution is -2.60. The van der Waals surface area contributed by atoms with Crippen LogP contribution < -0.4 is 15.5 Å². The number of urea groups is 2. The Labute approximate surface area is 157 Å². The van der Waals surface area contributed by atoms with Crippen LogP contribution in [-0.2, 0) is 9.59 Å². The number of carbonyl (C=O) groups is 4. The van der Waals surface area contributed by atoms with Crippen molar-refractivity contribution in [2.45, 2.75) is 19.9 Å². The summed E-state index contributed by atoms with van der Waals surface area (Å²) in [7, 11) is 1.55. The Morgan fingerprint density at radius 3 is 2.63 bits per heavy atom. The van der Waals surface area contributed by atoms with Gasteiger partial charge < -0.3 is 20.4 Å². The van der Waals surface area contributed by atoms with E-state index in [1.807, 2.05) is 13.8 Å². The number of piperazine rings is 1. The van der Waals surface area contributed by atoms with Crippen LogP contribution in [0.5, 0.6) is 0 Å². The van der Waals surface area contributed by atoms with Gasteiger partial charge in [-0.2, -0.15) is 0 Å². The van der Waals surface area contributed by atoms with E-state index in [0.717, 1.165) is 4.90 Å². The number of nitrogens with one attached hydrogen (secondary N) is 2. The van der Waals surface area contributed by atoms with Crippen LogP contribution in [-0.4, -0.2) is 66.4 Å². The summed E-state index contributed by atoms with van der Waals surface area (Å²) in [5, 5.41) is 5.54. The van der Waals surface area contributed by atoms with Gasteiger partial charge in [0.05, 0.1) is 5.69 Å². The molecule has 1 aromatic carbocycles. The molecule has 0 radical (unpaired) electrons. The Bertz CT molecular complexity index is 794. The van der Waals surface area contributed by atoms with Crippen LogP contribution in [0, 0.1) is 5.92 Å². The molecule has 9 nitrogen and oxygen atoms in total. The largest absolute Gasteiger partial charge is 0.353 e. The van der Waals surface area contributed by atoms with E-state index >= 15 is 0 Å². The standard InChI is InChI=1S/C18H23N5O4/c1-11(2)15-16(25)19-7-8-22(15)17(26)20-12-5-4-6-13(9-12)23-14(24)10-21(3)18(23)27/h4-6,9,11,15H,7-8,10H2,1-3H3,(H,19,25)(H,20,26)/t15-/m0/s1. The van der Waals surface area contributed by atoms with Crippen molar-refractivity contribution in [2.75, 3.05) is 36.9 Å². The number of amides is 6. The highest BCUT2D eigenvalue weighted by Crippen LogP contribution is 2.24. The van der Waals surface area contributed by atoms with Crippen LogP contribution in [0.4, 0.5) is 21.0 Å². The summed E-state index contributed by atoms with van der Waals surface area (Å²) in [6.45, 7) is 4.61. The normalized spacial score (nSPS) is 20.4. The summed E-state index contributed by atoms with van der Waals surface area (Å²) >= 11 is 0. The Hall–Kier alpha value is -3.10. The topological polar surface area (TPSA) is 102 Å². The molecular formula is C18H23N5O4. The molecule has 2 heterocycles. The summed E-state index contributed by atoms with van der Waals surface area (Å²) in [6, 6.07) is 5.19. The minimum Gasteiger partial charge on any atom is -0.353 e. The molecule has 3 rings (SSSR count). The first-order chi connectivity index (χ1) is 12.8. The van der Waals surface area contributed by atoms with Gasteiger partial charge in [-0.3, -0.25) is 9.59 Å². The average Bonchev–Trinajstić information content (AvgIpc) is 2.86. The van der Waals surface area contributed by atoms with E-state index in [2.05, 4.69) is 10.6 Å². The molecule has 9 heteroatoms. The summed E-state index contributed by atoms with van der Waals surface area (Å²) in [6.07, 6.45) is 0. The molecule has 0 bridgehead atoms. The number of hydrogen-bond donors (Lipinski definition) is 2. The van der Waals surface area contributed by atoms with Crippen LogP contribution in [0.3, 0.4) is 0 Å². The second-order valence-electron chi connectivity index (χ2n) is 7.02. The zero-order valence-electron chi connectivity index (χ0n) is 15.6. The smallest absolute Gasteiger partial charge is 0.331 e. The van der Waals surface area contributed by atoms with Gasteiger partial charge in [-0.05, 0) is 24.1 Å². The van der Waals surface area contributed by atoms with Crippen molar-refractivity contribution < 1.29 is 19.2 Å². The van der Waals surface area contributed by atoms with Gasteiger partial charge >= 0.3 is 12.1 Å². The molecule has 1 aromatic rings. The molecular weight excluding hydrogens is 350 g/mol. The van der Waals surface area contributed by atoms with Crippen molar-refractivity contribution in [2.24, 2.45) is 5.92 Å². The van der Waals surface area contributed by atoms with Gasteiger partial charge in [-0.1, -0.05) is 19.9 Å². The van der Waals surface area contributed by atoms with Gasteiger partial charge in [-0.15, -0.1) is 0 Å². The molecule has 0 unspecified atom stereocenters. The fraction of sp³-hybridized carbons (Fsp3) is 0.444. The van der Waals surface area contributed by atoms with Crippen molar-refractivity contribution in [3.8, 4) is 0 Å². The van der Waals surface area contributed by atoms with E-state index in [9.17, 15) is 19.2 Å². The highest BCUT2D eigenvalue weighted by Gasteiger charge is 2.36. The van der Waals surface area contributed by atoms with Crippen molar-refractivity contribution in [1.29, 1.82) is 0 Å². The Morgan fingerprint density at radius 1 is 1.26 bits per heavy atom. The number of carbonyl (C=O) groups excluding carboxylic acids is 4. The molecule has 144 valence electrons. The molecule has 6 amide bonds. The Kier molecular flexibility index (Phi) is 5.02. The molecule has 2 fully saturated rings. The molecule has 1 atom stereocenters. The van der Waals surface area contributed by atoms with Crippen molar-refractivity contribution in [3.05, 3.63) is 24.3 Å². The maximum absolute atomic E-state index is 12.7. The summed E-state index contributed by atoms with van der Waals surface area (Å²) < 4.78 is 0. The first kappa shape index (κ1) is 18.7. The molecule has 0 saturated carbocycles. The van der Waals surface area contributed by atoms with E-state index < -0.39 is 18.1 Å². The number of hydrogen-bond acceptors (Lipinski definition) is 4. The van der Waals surface area contributed by atoms with Crippen molar-refractivity contribution in [1.82, 2.24) is 15.1 Å². The number of rotatable bonds is 3. The zero-order chi connectivity index (χ0) is 19.7. The maximum Gasteiger partial charge on any atom is 0.331 e. The zero-order valence-corrected chi connectivity index (χ0v) is 15.6. The number of nitrogens with zero attached hydrogens (tertiary/aromatic N) is 3. The number of imide groups is 1. The molecule has 2 aliphatic rings. The van der Waals surface area contributed by atoms with Gasteiger partial charge in [0, 0.05) is 25.8 Å². The first-order valence-corrected chi connectivity index (χ1v) is 8.83. The fourth-order valence-corrected chi connectivity index (χ4v) is 3.37. The van der Waals surface area contributed by atoms with E-state index in [1.165, 1.54) is 9.80 Å². The third kappa shape index (κ3) is 3.57. The predicted octanol–water partition coefficient (Wildman–Crippen LogP) is 1.07. The molecule has 0 spiro atoms. The first-order valence-electron chi connectivity index (χ1n) is 8.83. The van der Waals surface area contributed by atoms with Gasteiger partial charge in [0.1, 0.15) is 12.6 Å². The molecule has 0 aromatic heterocycles. The lowest BCUT2D eigenvalue weighted by molar-refractivity contribution is -0.129. The van der Waals surface area contributed by atoms with E-state index in [4.69, 9.17) is 0 Å². The van der Waals surface area contributed by atoms with Crippen LogP contribution in [0.1, 0.15) is 13.8 Å². The second-order valence-corrected chi connectivity index (χ2v) is 7.02. The average molecular weight is 373 g/mol. The Balaban J connectivity index is 1.78. The third-order valence-electron chi connectivity index (χ3n) is 4.64. The molecule has 0 aliphatic carbocycles. The van der Waals surface area contributed by atoms with Crippen LogP contribution in [0.2, 0.25) is 0 Å². The second kappa shape index (κ2) is 7.26. The Morgan fingerprint density at radius 2 is 2.00 bits per heavy atom. The number of likely N-dealkylation sites (N-methyl/N-ethyl adjacent to an activating group) is 1. The minimum absolute atomic E-state index is 0.0222. The predicted molar refractivity (Wildman–Crippen MR) is 99.3 cm³/mol. The summed E-state index contributed by atoms with van der Waals surface area (Å²) in [5.74, 6) is -0.521. The van der Waals surface area contributed by atoms with E-state index in [0.29, 0.717) is 24.5 Å². The van der Waals surface area contributed by atoms with Gasteiger partial charge in [0.25, 0.3) is 5.91 Å². The summed E-state index contributed by atoms with van der Waals surface area (Å²) in [4.78, 5) is 53.0. The maximum atomic E-state index is 12.7. The van der Waals surface area contributed by atoms with Crippen LogP contribution >= 0.6 is 0 Å². The van der Waals surface area contributed by atoms with Crippen LogP contribution in [0.15, 0.2) is 24.3 Å². The lowest BCUT2D eigenvalue weighted by atomic mass is 10.00. The number of anilines is 2. The van der Waals surface area contributed by atoms with E-state index in [1.54, 1.807) is 31.3 Å². The molecule has 27 heavy (non-hydrogen) atoms. The summed E-state index contributed by atoms with van der Waals surface area (Å²) in [5.41, 5.74) is 0.838. The monoisotopic (exact) mass is 373 g/mol. The van der Waals surface area contributed by atoms with Gasteiger partial charge in [0.2, 0.25) is 5.91 Å². The SMILES string of the molecule is CC(C)[C@H]1C(=O)NCCN1C(=O)Nc1cccc(N2C(=O)CN(C)C2=O)c1. The highest BCUT2D eigenvalue weighted by molar-refractivity contribution is 6.19. The minimum atomic E-state index is -0.544. The third-order valence-corrected chi connectivity index (χ3v) is 4.64. The highest BCUT2D eigenvalue weighted by atomic mass is 16.2. The lowest BCUT2D eigenvalue weighted by Gasteiger charge is -2.37. The van der Waals surface area contributed by atoms with Gasteiger partial charge in [-0.25, -0.2) is 14.5 Å². The molecule has 2 N–H and O–H groups in total. The van der Waals surface area contributed by atoms with Crippen molar-refractivity contribution >= 4 is 35.3 Å². The van der Waals surface area contributed by atoms with Gasteiger partial charge in [0.15, 0.2) is 0 Å². The molecule has 2 saturated heterocycles. The van der Waals surface area contributed by atoms with E-state index in [-0.39, 0.29) is 24.3 Å².